The minimum Gasteiger partial charge on any atom is -0.313 e. The molecule has 0 amide bonds. The summed E-state index contributed by atoms with van der Waals surface area (Å²) in [6.07, 6.45) is 6.61. The Bertz CT molecular complexity index is 380. The zero-order chi connectivity index (χ0) is 14.4. The van der Waals surface area contributed by atoms with E-state index in [0.29, 0.717) is 6.04 Å². The molecule has 1 N–H and O–H groups in total. The summed E-state index contributed by atoms with van der Waals surface area (Å²) in [5.41, 5.74) is 7.33. The first kappa shape index (κ1) is 16.2. The third kappa shape index (κ3) is 4.07. The van der Waals surface area contributed by atoms with Crippen LogP contribution in [0, 0.1) is 27.7 Å². The fourth-order valence-corrected chi connectivity index (χ4v) is 2.98. The average Bonchev–Trinajstić information content (AvgIpc) is 2.39. The monoisotopic (exact) mass is 261 g/mol. The third-order valence-electron chi connectivity index (χ3n) is 4.47. The van der Waals surface area contributed by atoms with Crippen LogP contribution in [0.1, 0.15) is 72.9 Å². The van der Waals surface area contributed by atoms with E-state index < -0.39 is 0 Å². The first-order valence-electron chi connectivity index (χ1n) is 7.77. The molecular weight excluding hydrogens is 230 g/mol. The highest BCUT2D eigenvalue weighted by atomic mass is 14.9. The lowest BCUT2D eigenvalue weighted by Crippen LogP contribution is -2.19. The highest BCUT2D eigenvalue weighted by Crippen LogP contribution is 2.30. The van der Waals surface area contributed by atoms with Crippen molar-refractivity contribution in [2.45, 2.75) is 72.8 Å². The zero-order valence-corrected chi connectivity index (χ0v) is 13.7. The van der Waals surface area contributed by atoms with Crippen LogP contribution in [0.4, 0.5) is 0 Å². The standard InChI is InChI=1S/C18H31N/c1-7-8-9-10-11-17(19-6)18-15(4)13(2)12-14(3)16(18)5/h12,17,19H,7-11H2,1-6H3. The van der Waals surface area contributed by atoms with Gasteiger partial charge in [-0.1, -0.05) is 38.7 Å². The van der Waals surface area contributed by atoms with Gasteiger partial charge in [0.1, 0.15) is 0 Å². The van der Waals surface area contributed by atoms with Crippen molar-refractivity contribution in [2.75, 3.05) is 7.05 Å². The molecule has 0 radical (unpaired) electrons. The largest absolute Gasteiger partial charge is 0.313 e. The minimum atomic E-state index is 0.510. The van der Waals surface area contributed by atoms with Crippen molar-refractivity contribution >= 4 is 0 Å². The highest BCUT2D eigenvalue weighted by molar-refractivity contribution is 5.45. The molecule has 0 spiro atoms. The molecule has 1 rings (SSSR count). The van der Waals surface area contributed by atoms with Gasteiger partial charge in [0.15, 0.2) is 0 Å². The molecular formula is C18H31N. The number of hydrogen-bond donors (Lipinski definition) is 1. The zero-order valence-electron chi connectivity index (χ0n) is 13.7. The van der Waals surface area contributed by atoms with E-state index in [1.807, 2.05) is 0 Å². The number of aryl methyl sites for hydroxylation is 2. The number of hydrogen-bond acceptors (Lipinski definition) is 1. The Morgan fingerprint density at radius 2 is 1.53 bits per heavy atom. The number of benzene rings is 1. The van der Waals surface area contributed by atoms with Crippen molar-refractivity contribution in [3.8, 4) is 0 Å². The van der Waals surface area contributed by atoms with Gasteiger partial charge in [-0.2, -0.15) is 0 Å². The summed E-state index contributed by atoms with van der Waals surface area (Å²) in [5, 5.41) is 3.53. The van der Waals surface area contributed by atoms with Gasteiger partial charge < -0.3 is 5.32 Å². The van der Waals surface area contributed by atoms with Gasteiger partial charge in [0.2, 0.25) is 0 Å². The normalized spacial score (nSPS) is 12.7. The van der Waals surface area contributed by atoms with Gasteiger partial charge in [0.05, 0.1) is 0 Å². The summed E-state index contributed by atoms with van der Waals surface area (Å²) >= 11 is 0. The van der Waals surface area contributed by atoms with Crippen LogP contribution in [-0.4, -0.2) is 7.05 Å². The molecule has 19 heavy (non-hydrogen) atoms. The maximum Gasteiger partial charge on any atom is 0.0322 e. The summed E-state index contributed by atoms with van der Waals surface area (Å²) in [6.45, 7) is 11.3. The van der Waals surface area contributed by atoms with Crippen molar-refractivity contribution in [1.29, 1.82) is 0 Å². The van der Waals surface area contributed by atoms with Crippen LogP contribution in [0.5, 0.6) is 0 Å². The molecule has 0 bridgehead atoms. The van der Waals surface area contributed by atoms with Crippen molar-refractivity contribution in [1.82, 2.24) is 5.32 Å². The lowest BCUT2D eigenvalue weighted by Gasteiger charge is -2.24. The van der Waals surface area contributed by atoms with E-state index in [2.05, 4.69) is 53.0 Å². The van der Waals surface area contributed by atoms with Crippen LogP contribution < -0.4 is 5.32 Å². The van der Waals surface area contributed by atoms with E-state index in [-0.39, 0.29) is 0 Å². The molecule has 1 aromatic rings. The molecule has 0 aliphatic carbocycles. The summed E-state index contributed by atoms with van der Waals surface area (Å²) in [6, 6.07) is 2.83. The lowest BCUT2D eigenvalue weighted by molar-refractivity contribution is 0.501. The molecule has 108 valence electrons. The highest BCUT2D eigenvalue weighted by Gasteiger charge is 2.16. The van der Waals surface area contributed by atoms with E-state index in [1.54, 1.807) is 0 Å². The van der Waals surface area contributed by atoms with Crippen LogP contribution in [0.15, 0.2) is 6.07 Å². The summed E-state index contributed by atoms with van der Waals surface area (Å²) in [4.78, 5) is 0. The predicted molar refractivity (Wildman–Crippen MR) is 85.9 cm³/mol. The summed E-state index contributed by atoms with van der Waals surface area (Å²) < 4.78 is 0. The third-order valence-corrected chi connectivity index (χ3v) is 4.47. The van der Waals surface area contributed by atoms with Crippen molar-refractivity contribution in [2.24, 2.45) is 0 Å². The quantitative estimate of drug-likeness (QED) is 0.669. The Kier molecular flexibility index (Phi) is 6.57. The molecule has 1 nitrogen and oxygen atoms in total. The second-order valence-electron chi connectivity index (χ2n) is 5.86. The van der Waals surface area contributed by atoms with E-state index >= 15 is 0 Å². The van der Waals surface area contributed by atoms with Gasteiger partial charge in [-0.25, -0.2) is 0 Å². The molecule has 0 fully saturated rings. The number of rotatable bonds is 7. The van der Waals surface area contributed by atoms with Crippen molar-refractivity contribution < 1.29 is 0 Å². The topological polar surface area (TPSA) is 12.0 Å². The maximum absolute atomic E-state index is 3.53. The van der Waals surface area contributed by atoms with Crippen LogP contribution in [0.2, 0.25) is 0 Å². The second kappa shape index (κ2) is 7.69. The van der Waals surface area contributed by atoms with Crippen LogP contribution in [0.3, 0.4) is 0 Å². The first-order chi connectivity index (χ1) is 9.02. The number of unbranched alkanes of at least 4 members (excludes halogenated alkanes) is 3. The number of nitrogens with one attached hydrogen (secondary N) is 1. The van der Waals surface area contributed by atoms with Crippen molar-refractivity contribution in [3.05, 3.63) is 33.9 Å². The minimum absolute atomic E-state index is 0.510. The Morgan fingerprint density at radius 3 is 2.00 bits per heavy atom. The van der Waals surface area contributed by atoms with Gasteiger partial charge in [-0.05, 0) is 69.0 Å². The molecule has 1 aromatic carbocycles. The van der Waals surface area contributed by atoms with Crippen molar-refractivity contribution in [3.63, 3.8) is 0 Å². The molecule has 0 saturated carbocycles. The molecule has 0 aromatic heterocycles. The van der Waals surface area contributed by atoms with Gasteiger partial charge in [0.25, 0.3) is 0 Å². The molecule has 0 heterocycles. The Balaban J connectivity index is 2.91. The van der Waals surface area contributed by atoms with E-state index in [4.69, 9.17) is 0 Å². The van der Waals surface area contributed by atoms with Crippen LogP contribution >= 0.6 is 0 Å². The molecule has 1 atom stereocenters. The molecule has 1 unspecified atom stereocenters. The fraction of sp³-hybridized carbons (Fsp3) is 0.667. The maximum atomic E-state index is 3.53. The van der Waals surface area contributed by atoms with Crippen LogP contribution in [0.25, 0.3) is 0 Å². The Morgan fingerprint density at radius 1 is 0.947 bits per heavy atom. The predicted octanol–water partition coefficient (Wildman–Crippen LogP) is 5.15. The molecule has 0 aliphatic rings. The first-order valence-corrected chi connectivity index (χ1v) is 7.77. The second-order valence-corrected chi connectivity index (χ2v) is 5.86. The fourth-order valence-electron chi connectivity index (χ4n) is 2.98. The van der Waals surface area contributed by atoms with Crippen LogP contribution in [-0.2, 0) is 0 Å². The molecule has 0 aliphatic heterocycles. The van der Waals surface area contributed by atoms with E-state index in [9.17, 15) is 0 Å². The van der Waals surface area contributed by atoms with E-state index in [0.717, 1.165) is 0 Å². The Hall–Kier alpha value is -0.820. The van der Waals surface area contributed by atoms with E-state index in [1.165, 1.54) is 59.9 Å². The SMILES string of the molecule is CCCCCCC(NC)c1c(C)c(C)cc(C)c1C. The van der Waals surface area contributed by atoms with Gasteiger partial charge in [-0.3, -0.25) is 0 Å². The average molecular weight is 261 g/mol. The summed E-state index contributed by atoms with van der Waals surface area (Å²) in [7, 11) is 2.10. The molecule has 1 heteroatoms. The summed E-state index contributed by atoms with van der Waals surface area (Å²) in [5.74, 6) is 0. The van der Waals surface area contributed by atoms with Gasteiger partial charge in [0, 0.05) is 6.04 Å². The lowest BCUT2D eigenvalue weighted by atomic mass is 9.87. The van der Waals surface area contributed by atoms with Gasteiger partial charge >= 0.3 is 0 Å². The smallest absolute Gasteiger partial charge is 0.0322 e. The van der Waals surface area contributed by atoms with Gasteiger partial charge in [-0.15, -0.1) is 0 Å². The Labute approximate surface area is 119 Å². The molecule has 0 saturated heterocycles.